The van der Waals surface area contributed by atoms with Crippen LogP contribution in [-0.4, -0.2) is 50.1 Å². The fourth-order valence-corrected chi connectivity index (χ4v) is 1.96. The summed E-state index contributed by atoms with van der Waals surface area (Å²) in [5, 5.41) is 6.09. The fraction of sp³-hybridized carbons (Fsp3) is 0.294. The Morgan fingerprint density at radius 1 is 1.17 bits per heavy atom. The van der Waals surface area contributed by atoms with Crippen LogP contribution in [0, 0.1) is 0 Å². The minimum atomic E-state index is -0.195. The molecule has 0 bridgehead atoms. The minimum absolute atomic E-state index is 0.195. The Kier molecular flexibility index (Phi) is 5.94. The van der Waals surface area contributed by atoms with Crippen LogP contribution in [0.15, 0.2) is 42.7 Å². The number of methoxy groups -OCH3 is 1. The van der Waals surface area contributed by atoms with Gasteiger partial charge in [-0.05, 0) is 44.4 Å². The van der Waals surface area contributed by atoms with Gasteiger partial charge in [-0.1, -0.05) is 0 Å². The van der Waals surface area contributed by atoms with E-state index in [9.17, 15) is 4.79 Å². The van der Waals surface area contributed by atoms with Crippen molar-refractivity contribution in [1.29, 1.82) is 0 Å². The van der Waals surface area contributed by atoms with E-state index in [1.165, 1.54) is 0 Å². The number of rotatable bonds is 7. The third-order valence-electron chi connectivity index (χ3n) is 3.24. The van der Waals surface area contributed by atoms with E-state index >= 15 is 0 Å². The predicted molar refractivity (Wildman–Crippen MR) is 92.2 cm³/mol. The van der Waals surface area contributed by atoms with E-state index in [0.717, 1.165) is 24.5 Å². The standard InChI is InChI=1S/C17H22N4O2/c1-21(2)9-8-19-15-10-13(11-18-12-15)17(22)20-14-4-6-16(23-3)7-5-14/h4-7,10-12,19H,8-9H2,1-3H3,(H,20,22). The second-order valence-corrected chi connectivity index (χ2v) is 5.37. The molecule has 2 aromatic rings. The molecule has 2 rings (SSSR count). The quantitative estimate of drug-likeness (QED) is 0.821. The molecule has 1 aromatic heterocycles. The van der Waals surface area contributed by atoms with E-state index in [1.54, 1.807) is 49.8 Å². The number of likely N-dealkylation sites (N-methyl/N-ethyl adjacent to an activating group) is 1. The number of amides is 1. The highest BCUT2D eigenvalue weighted by Crippen LogP contribution is 2.16. The summed E-state index contributed by atoms with van der Waals surface area (Å²) in [6.07, 6.45) is 3.26. The number of carbonyl (C=O) groups is 1. The number of carbonyl (C=O) groups excluding carboxylic acids is 1. The van der Waals surface area contributed by atoms with Gasteiger partial charge in [-0.2, -0.15) is 0 Å². The molecule has 0 aliphatic rings. The molecule has 0 fully saturated rings. The molecule has 0 aliphatic heterocycles. The van der Waals surface area contributed by atoms with E-state index in [4.69, 9.17) is 4.74 Å². The first-order valence-electron chi connectivity index (χ1n) is 7.37. The van der Waals surface area contributed by atoms with Crippen molar-refractivity contribution in [2.45, 2.75) is 0 Å². The number of nitrogens with zero attached hydrogens (tertiary/aromatic N) is 2. The largest absolute Gasteiger partial charge is 0.497 e. The van der Waals surface area contributed by atoms with Crippen molar-refractivity contribution in [3.8, 4) is 5.75 Å². The topological polar surface area (TPSA) is 66.5 Å². The summed E-state index contributed by atoms with van der Waals surface area (Å²) >= 11 is 0. The maximum absolute atomic E-state index is 12.3. The molecule has 2 N–H and O–H groups in total. The molecule has 1 aromatic carbocycles. The van der Waals surface area contributed by atoms with Gasteiger partial charge in [0.25, 0.3) is 5.91 Å². The van der Waals surface area contributed by atoms with Crippen LogP contribution in [0.2, 0.25) is 0 Å². The molecule has 0 aliphatic carbocycles. The zero-order valence-corrected chi connectivity index (χ0v) is 13.7. The second kappa shape index (κ2) is 8.14. The average molecular weight is 314 g/mol. The molecular formula is C17H22N4O2. The van der Waals surface area contributed by atoms with E-state index in [-0.39, 0.29) is 5.91 Å². The molecule has 0 atom stereocenters. The molecular weight excluding hydrogens is 292 g/mol. The Balaban J connectivity index is 1.98. The lowest BCUT2D eigenvalue weighted by atomic mass is 10.2. The van der Waals surface area contributed by atoms with E-state index in [1.807, 2.05) is 14.1 Å². The number of aromatic nitrogens is 1. The first-order valence-corrected chi connectivity index (χ1v) is 7.37. The van der Waals surface area contributed by atoms with Crippen LogP contribution in [-0.2, 0) is 0 Å². The third kappa shape index (κ3) is 5.27. The summed E-state index contributed by atoms with van der Waals surface area (Å²) in [6, 6.07) is 8.98. The normalized spacial score (nSPS) is 10.4. The van der Waals surface area contributed by atoms with Gasteiger partial charge in [0.05, 0.1) is 18.4 Å². The van der Waals surface area contributed by atoms with Crippen LogP contribution in [0.1, 0.15) is 10.4 Å². The molecule has 0 unspecified atom stereocenters. The minimum Gasteiger partial charge on any atom is -0.497 e. The molecule has 6 heteroatoms. The van der Waals surface area contributed by atoms with Gasteiger partial charge < -0.3 is 20.3 Å². The molecule has 6 nitrogen and oxygen atoms in total. The second-order valence-electron chi connectivity index (χ2n) is 5.37. The number of nitrogens with one attached hydrogen (secondary N) is 2. The van der Waals surface area contributed by atoms with Crippen molar-refractivity contribution in [2.75, 3.05) is 44.9 Å². The molecule has 1 heterocycles. The number of benzene rings is 1. The smallest absolute Gasteiger partial charge is 0.257 e. The molecule has 1 amide bonds. The number of hydrogen-bond donors (Lipinski definition) is 2. The van der Waals surface area contributed by atoms with Crippen molar-refractivity contribution in [2.24, 2.45) is 0 Å². The van der Waals surface area contributed by atoms with Crippen molar-refractivity contribution in [1.82, 2.24) is 9.88 Å². The first-order chi connectivity index (χ1) is 11.1. The van der Waals surface area contributed by atoms with Crippen molar-refractivity contribution in [3.63, 3.8) is 0 Å². The highest BCUT2D eigenvalue weighted by molar-refractivity contribution is 6.04. The Morgan fingerprint density at radius 3 is 2.57 bits per heavy atom. The van der Waals surface area contributed by atoms with Gasteiger partial charge in [0.15, 0.2) is 0 Å². The molecule has 23 heavy (non-hydrogen) atoms. The van der Waals surface area contributed by atoms with Crippen LogP contribution < -0.4 is 15.4 Å². The molecule has 0 saturated carbocycles. The molecule has 0 spiro atoms. The summed E-state index contributed by atoms with van der Waals surface area (Å²) in [7, 11) is 5.63. The van der Waals surface area contributed by atoms with Gasteiger partial charge in [-0.15, -0.1) is 0 Å². The summed E-state index contributed by atoms with van der Waals surface area (Å²) in [5.41, 5.74) is 2.05. The lowest BCUT2D eigenvalue weighted by molar-refractivity contribution is 0.102. The van der Waals surface area contributed by atoms with Crippen LogP contribution >= 0.6 is 0 Å². The zero-order valence-electron chi connectivity index (χ0n) is 13.7. The zero-order chi connectivity index (χ0) is 16.7. The summed E-state index contributed by atoms with van der Waals surface area (Å²) in [6.45, 7) is 1.69. The number of anilines is 2. The van der Waals surface area contributed by atoms with E-state index in [0.29, 0.717) is 11.3 Å². The Labute approximate surface area is 136 Å². The van der Waals surface area contributed by atoms with Crippen molar-refractivity contribution >= 4 is 17.3 Å². The Bertz CT molecular complexity index is 641. The van der Waals surface area contributed by atoms with Crippen molar-refractivity contribution < 1.29 is 9.53 Å². The van der Waals surface area contributed by atoms with Gasteiger partial charge in [-0.3, -0.25) is 9.78 Å². The maximum Gasteiger partial charge on any atom is 0.257 e. The fourth-order valence-electron chi connectivity index (χ4n) is 1.96. The summed E-state index contributed by atoms with van der Waals surface area (Å²) in [4.78, 5) is 18.5. The maximum atomic E-state index is 12.3. The third-order valence-corrected chi connectivity index (χ3v) is 3.24. The van der Waals surface area contributed by atoms with Crippen LogP contribution in [0.3, 0.4) is 0 Å². The van der Waals surface area contributed by atoms with Gasteiger partial charge in [0.1, 0.15) is 5.75 Å². The molecule has 0 saturated heterocycles. The summed E-state index contributed by atoms with van der Waals surface area (Å²) < 4.78 is 5.09. The lowest BCUT2D eigenvalue weighted by Crippen LogP contribution is -2.21. The average Bonchev–Trinajstić information content (AvgIpc) is 2.55. The van der Waals surface area contributed by atoms with Crippen LogP contribution in [0.25, 0.3) is 0 Å². The number of pyridine rings is 1. The SMILES string of the molecule is COc1ccc(NC(=O)c2cncc(NCCN(C)C)c2)cc1. The highest BCUT2D eigenvalue weighted by atomic mass is 16.5. The van der Waals surface area contributed by atoms with Gasteiger partial charge in [0, 0.05) is 31.2 Å². The van der Waals surface area contributed by atoms with Gasteiger partial charge >= 0.3 is 0 Å². The number of hydrogen-bond acceptors (Lipinski definition) is 5. The monoisotopic (exact) mass is 314 g/mol. The van der Waals surface area contributed by atoms with Crippen molar-refractivity contribution in [3.05, 3.63) is 48.3 Å². The molecule has 0 radical (unpaired) electrons. The Morgan fingerprint density at radius 2 is 1.91 bits per heavy atom. The van der Waals surface area contributed by atoms with Gasteiger partial charge in [0.2, 0.25) is 0 Å². The lowest BCUT2D eigenvalue weighted by Gasteiger charge is -2.12. The molecule has 122 valence electrons. The van der Waals surface area contributed by atoms with E-state index < -0.39 is 0 Å². The highest BCUT2D eigenvalue weighted by Gasteiger charge is 2.08. The van der Waals surface area contributed by atoms with E-state index in [2.05, 4.69) is 20.5 Å². The van der Waals surface area contributed by atoms with Gasteiger partial charge in [-0.25, -0.2) is 0 Å². The Hall–Kier alpha value is -2.60. The van der Waals surface area contributed by atoms with Crippen LogP contribution in [0.4, 0.5) is 11.4 Å². The predicted octanol–water partition coefficient (Wildman–Crippen LogP) is 2.32. The van der Waals surface area contributed by atoms with Crippen LogP contribution in [0.5, 0.6) is 5.75 Å². The number of ether oxygens (including phenoxy) is 1. The summed E-state index contributed by atoms with van der Waals surface area (Å²) in [5.74, 6) is 0.552. The first kappa shape index (κ1) is 16.8.